The summed E-state index contributed by atoms with van der Waals surface area (Å²) in [4.78, 5) is 69.8. The van der Waals surface area contributed by atoms with Crippen LogP contribution in [0.4, 0.5) is 19.6 Å². The first kappa shape index (κ1) is 50.3. The Kier molecular flexibility index (Phi) is 22.3. The molecule has 2 aromatic heterocycles. The van der Waals surface area contributed by atoms with Crippen LogP contribution in [0.2, 0.25) is 0 Å². The van der Waals surface area contributed by atoms with E-state index in [4.69, 9.17) is 29.2 Å². The number of methoxy groups -OCH3 is 2. The summed E-state index contributed by atoms with van der Waals surface area (Å²) < 4.78 is 20.2. The minimum Gasteiger partial charge on any atom is -0.544 e. The number of nitrogens with one attached hydrogen (secondary N) is 2. The van der Waals surface area contributed by atoms with Crippen LogP contribution in [-0.2, 0) is 19.1 Å². The minimum absolute atomic E-state index is 0. The van der Waals surface area contributed by atoms with Crippen molar-refractivity contribution >= 4 is 68.7 Å². The van der Waals surface area contributed by atoms with Gasteiger partial charge < -0.3 is 59.6 Å². The van der Waals surface area contributed by atoms with Crippen molar-refractivity contribution in [1.82, 2.24) is 9.80 Å². The number of carbonyl (C=O) groups is 6. The molecule has 0 saturated carbocycles. The monoisotopic (exact) mass is 760 g/mol. The molecule has 18 nitrogen and oxygen atoms in total. The Morgan fingerprint density at radius 3 is 1.19 bits per heavy atom. The van der Waals surface area contributed by atoms with E-state index in [0.717, 1.165) is 32.5 Å². The van der Waals surface area contributed by atoms with Gasteiger partial charge in [0.15, 0.2) is 0 Å². The van der Waals surface area contributed by atoms with Crippen molar-refractivity contribution in [1.29, 1.82) is 0 Å². The summed E-state index contributed by atoms with van der Waals surface area (Å²) in [5.41, 5.74) is -1.49. The molecule has 4 N–H and O–H groups in total. The van der Waals surface area contributed by atoms with Gasteiger partial charge in [-0.15, -0.1) is 22.7 Å². The summed E-state index contributed by atoms with van der Waals surface area (Å²) in [7, 11) is 2.69. The Bertz CT molecular complexity index is 1400. The molecule has 280 valence electrons. The molecule has 2 amide bonds. The molecule has 0 aliphatic carbocycles. The van der Waals surface area contributed by atoms with Crippen molar-refractivity contribution in [2.75, 3.05) is 64.1 Å². The number of nitrogens with zero attached hydrogens (tertiary/aromatic N) is 2. The number of aromatic carboxylic acids is 2. The van der Waals surface area contributed by atoms with Crippen molar-refractivity contribution < 1.29 is 106 Å². The van der Waals surface area contributed by atoms with E-state index >= 15 is 0 Å². The topological polar surface area (TPSA) is 256 Å². The number of carboxylic acid groups (broad SMARTS) is 4. The van der Waals surface area contributed by atoms with Gasteiger partial charge >= 0.3 is 61.8 Å². The molecule has 0 radical (unpaired) electrons. The molecule has 52 heavy (non-hydrogen) atoms. The van der Waals surface area contributed by atoms with Crippen LogP contribution in [0.1, 0.15) is 60.9 Å². The van der Waals surface area contributed by atoms with Gasteiger partial charge in [0.25, 0.3) is 0 Å². The van der Waals surface area contributed by atoms with Gasteiger partial charge in [0.2, 0.25) is 0 Å². The van der Waals surface area contributed by atoms with Crippen molar-refractivity contribution in [3.63, 3.8) is 0 Å². The Morgan fingerprint density at radius 2 is 0.981 bits per heavy atom. The van der Waals surface area contributed by atoms with E-state index in [-0.39, 0.29) is 85.2 Å². The number of aliphatic carboxylic acids is 2. The second-order valence-corrected chi connectivity index (χ2v) is 14.1. The molecular weight excluding hydrogens is 718 g/mol. The SMILES string of the molecule is COc1cc(NCCN(CC(=O)O)C(=O)OC(C)(C)C)sc1C(=O)[O-].COc1cc(NCCN(CC(=O)O)C(=O)OC(C)(C)C)sc1C(=O)[O-].[Li+].[Li+]. The van der Waals surface area contributed by atoms with Crippen LogP contribution in [-0.4, -0.2) is 121 Å². The number of rotatable bonds is 16. The molecule has 0 bridgehead atoms. The molecule has 0 saturated heterocycles. The van der Waals surface area contributed by atoms with Crippen LogP contribution in [0, 0.1) is 0 Å². The van der Waals surface area contributed by atoms with Crippen LogP contribution in [0.15, 0.2) is 12.1 Å². The normalized spacial score (nSPS) is 10.5. The number of anilines is 2. The van der Waals surface area contributed by atoms with Crippen LogP contribution < -0.4 is 68.0 Å². The zero-order chi connectivity index (χ0) is 38.4. The van der Waals surface area contributed by atoms with E-state index in [1.54, 1.807) is 41.5 Å². The average Bonchev–Trinajstić information content (AvgIpc) is 3.58. The van der Waals surface area contributed by atoms with E-state index in [9.17, 15) is 39.0 Å². The standard InChI is InChI=1S/2C15H22N2O7S.2Li/c2*1-15(2,3)24-14(22)17(8-11(18)19)6-5-16-10-7-9(23-4)12(25-10)13(20)21;;/h2*7,16H,5-6,8H2,1-4H3,(H,18,19)(H,20,21);;/q;;2*+1/p-2. The van der Waals surface area contributed by atoms with Crippen molar-refractivity contribution in [3.05, 3.63) is 21.9 Å². The van der Waals surface area contributed by atoms with Crippen LogP contribution >= 0.6 is 22.7 Å². The molecule has 0 aliphatic heterocycles. The molecule has 0 atom stereocenters. The Morgan fingerprint density at radius 1 is 0.673 bits per heavy atom. The van der Waals surface area contributed by atoms with Crippen LogP contribution in [0.25, 0.3) is 0 Å². The predicted molar refractivity (Wildman–Crippen MR) is 178 cm³/mol. The third-order valence-corrected chi connectivity index (χ3v) is 7.63. The molecule has 2 heterocycles. The maximum Gasteiger partial charge on any atom is 1.00 e. The van der Waals surface area contributed by atoms with Crippen LogP contribution in [0.3, 0.4) is 0 Å². The van der Waals surface area contributed by atoms with E-state index in [1.807, 2.05) is 0 Å². The van der Waals surface area contributed by atoms with Gasteiger partial charge in [-0.25, -0.2) is 9.59 Å². The predicted octanol–water partition coefficient (Wildman–Crippen LogP) is -4.28. The Balaban J connectivity index is 0. The number of amides is 2. The van der Waals surface area contributed by atoms with Gasteiger partial charge in [-0.3, -0.25) is 19.4 Å². The van der Waals surface area contributed by atoms with Crippen LogP contribution in [0.5, 0.6) is 11.5 Å². The fourth-order valence-electron chi connectivity index (χ4n) is 3.59. The summed E-state index contributed by atoms with van der Waals surface area (Å²) in [6.45, 7) is 9.59. The molecule has 0 unspecified atom stereocenters. The maximum atomic E-state index is 12.0. The Hall–Kier alpha value is -3.79. The third-order valence-electron chi connectivity index (χ3n) is 5.52. The number of ether oxygens (including phenoxy) is 4. The van der Waals surface area contributed by atoms with Gasteiger partial charge in [0, 0.05) is 38.3 Å². The van der Waals surface area contributed by atoms with E-state index in [0.29, 0.717) is 10.0 Å². The Labute approximate surface area is 333 Å². The quantitative estimate of drug-likeness (QED) is 0.118. The zero-order valence-electron chi connectivity index (χ0n) is 30.9. The summed E-state index contributed by atoms with van der Waals surface area (Å²) in [6.07, 6.45) is -1.48. The zero-order valence-corrected chi connectivity index (χ0v) is 32.5. The van der Waals surface area contributed by atoms with Crippen molar-refractivity contribution in [2.45, 2.75) is 52.7 Å². The van der Waals surface area contributed by atoms with Gasteiger partial charge in [-0.05, 0) is 41.5 Å². The average molecular weight is 761 g/mol. The summed E-state index contributed by atoms with van der Waals surface area (Å²) in [5.74, 6) is -4.69. The first-order valence-corrected chi connectivity index (χ1v) is 16.4. The molecule has 0 aromatic carbocycles. The first-order chi connectivity index (χ1) is 23.1. The fourth-order valence-corrected chi connectivity index (χ4v) is 5.36. The molecule has 0 fully saturated rings. The summed E-state index contributed by atoms with van der Waals surface area (Å²) >= 11 is 1.85. The number of carbonyl (C=O) groups excluding carboxylic acids is 4. The summed E-state index contributed by atoms with van der Waals surface area (Å²) in [5, 5.41) is 46.6. The first-order valence-electron chi connectivity index (χ1n) is 14.7. The van der Waals surface area contributed by atoms with Gasteiger partial charge in [-0.2, -0.15) is 0 Å². The van der Waals surface area contributed by atoms with E-state index < -0.39 is 60.4 Å². The molecule has 2 rings (SSSR count). The van der Waals surface area contributed by atoms with Gasteiger partial charge in [0.05, 0.1) is 45.9 Å². The number of hydrogen-bond donors (Lipinski definition) is 4. The second kappa shape index (κ2) is 23.0. The molecule has 22 heteroatoms. The minimum atomic E-state index is -1.35. The third kappa shape index (κ3) is 19.2. The van der Waals surface area contributed by atoms with Gasteiger partial charge in [0.1, 0.15) is 35.8 Å². The van der Waals surface area contributed by atoms with E-state index in [2.05, 4.69) is 10.6 Å². The second-order valence-electron chi connectivity index (χ2n) is 12.0. The molecule has 0 spiro atoms. The molecule has 2 aromatic rings. The fraction of sp³-hybridized carbons (Fsp3) is 0.533. The van der Waals surface area contributed by atoms with E-state index in [1.165, 1.54) is 26.4 Å². The molecule has 0 aliphatic rings. The van der Waals surface area contributed by atoms with Crippen molar-refractivity contribution in [3.8, 4) is 11.5 Å². The number of carboxylic acids is 4. The number of thiophene rings is 2. The smallest absolute Gasteiger partial charge is 0.544 e. The number of hydrogen-bond acceptors (Lipinski definition) is 16. The van der Waals surface area contributed by atoms with Gasteiger partial charge in [-0.1, -0.05) is 0 Å². The summed E-state index contributed by atoms with van der Waals surface area (Å²) in [6, 6.07) is 2.98. The maximum absolute atomic E-state index is 12.0. The largest absolute Gasteiger partial charge is 1.00 e. The molecular formula is C30H42Li2N4O14S2. The van der Waals surface area contributed by atoms with Crippen molar-refractivity contribution in [2.24, 2.45) is 0 Å².